The van der Waals surface area contributed by atoms with Crippen molar-refractivity contribution >= 4 is 29.3 Å². The first-order valence-electron chi connectivity index (χ1n) is 6.46. The quantitative estimate of drug-likeness (QED) is 0.688. The van der Waals surface area contributed by atoms with Gasteiger partial charge in [0.2, 0.25) is 0 Å². The van der Waals surface area contributed by atoms with Gasteiger partial charge in [0.1, 0.15) is 17.4 Å². The van der Waals surface area contributed by atoms with Crippen LogP contribution in [-0.2, 0) is 4.79 Å². The molecule has 0 aliphatic heterocycles. The Kier molecular flexibility index (Phi) is 5.18. The van der Waals surface area contributed by atoms with Gasteiger partial charge in [0.15, 0.2) is 0 Å². The Balaban J connectivity index is 2.24. The Morgan fingerprint density at radius 1 is 1.27 bits per heavy atom. The summed E-state index contributed by atoms with van der Waals surface area (Å²) in [5.74, 6) is 0.135. The molecule has 110 valence electrons. The van der Waals surface area contributed by atoms with Crippen LogP contribution >= 0.6 is 11.6 Å². The number of carbonyl (C=O) groups excluding carboxylic acids is 1. The van der Waals surface area contributed by atoms with E-state index in [1.54, 1.807) is 55.6 Å². The number of nitriles is 1. The first-order valence-corrected chi connectivity index (χ1v) is 6.83. The van der Waals surface area contributed by atoms with E-state index >= 15 is 0 Å². The Morgan fingerprint density at radius 2 is 2.05 bits per heavy atom. The summed E-state index contributed by atoms with van der Waals surface area (Å²) in [4.78, 5) is 12.2. The number of hydrogen-bond acceptors (Lipinski definition) is 3. The summed E-state index contributed by atoms with van der Waals surface area (Å²) in [5, 5.41) is 12.2. The van der Waals surface area contributed by atoms with Crippen LogP contribution in [0.1, 0.15) is 5.56 Å². The number of ether oxygens (including phenoxy) is 1. The van der Waals surface area contributed by atoms with Crippen LogP contribution in [0, 0.1) is 11.3 Å². The zero-order chi connectivity index (χ0) is 15.9. The van der Waals surface area contributed by atoms with Crippen molar-refractivity contribution in [1.29, 1.82) is 5.26 Å². The van der Waals surface area contributed by atoms with Crippen LogP contribution in [0.25, 0.3) is 6.08 Å². The number of para-hydroxylation sites is 1. The Bertz CT molecular complexity index is 763. The molecule has 0 spiro atoms. The smallest absolute Gasteiger partial charge is 0.266 e. The van der Waals surface area contributed by atoms with E-state index < -0.39 is 5.91 Å². The van der Waals surface area contributed by atoms with Crippen molar-refractivity contribution in [3.05, 3.63) is 64.7 Å². The van der Waals surface area contributed by atoms with Crippen LogP contribution in [0.2, 0.25) is 5.02 Å². The monoisotopic (exact) mass is 312 g/mol. The molecule has 1 amide bonds. The highest BCUT2D eigenvalue weighted by atomic mass is 35.5. The number of anilines is 1. The number of methoxy groups -OCH3 is 1. The van der Waals surface area contributed by atoms with Crippen molar-refractivity contribution in [2.24, 2.45) is 0 Å². The minimum absolute atomic E-state index is 0.0202. The number of hydrogen-bond donors (Lipinski definition) is 1. The lowest BCUT2D eigenvalue weighted by Crippen LogP contribution is -2.13. The average Bonchev–Trinajstić information content (AvgIpc) is 2.54. The minimum atomic E-state index is -0.515. The fourth-order valence-electron chi connectivity index (χ4n) is 1.80. The van der Waals surface area contributed by atoms with Gasteiger partial charge in [0, 0.05) is 0 Å². The molecule has 0 aliphatic carbocycles. The molecule has 0 saturated carbocycles. The standard InChI is InChI=1S/C17H13ClN2O2/c1-22-14-6-4-5-12(10-14)9-13(11-19)17(21)20-16-8-3-2-7-15(16)18/h2-10H,1H3,(H,20,21). The van der Waals surface area contributed by atoms with Gasteiger partial charge >= 0.3 is 0 Å². The predicted octanol–water partition coefficient (Wildman–Crippen LogP) is 3.89. The molecular weight excluding hydrogens is 300 g/mol. The summed E-state index contributed by atoms with van der Waals surface area (Å²) in [6.07, 6.45) is 1.49. The molecule has 0 aromatic heterocycles. The van der Waals surface area contributed by atoms with Gasteiger partial charge in [-0.15, -0.1) is 0 Å². The third-order valence-corrected chi connectivity index (χ3v) is 3.22. The largest absolute Gasteiger partial charge is 0.497 e. The first kappa shape index (κ1) is 15.6. The number of rotatable bonds is 4. The summed E-state index contributed by atoms with van der Waals surface area (Å²) >= 11 is 5.98. The number of carbonyl (C=O) groups is 1. The number of benzene rings is 2. The van der Waals surface area contributed by atoms with E-state index in [0.29, 0.717) is 22.0 Å². The van der Waals surface area contributed by atoms with Gasteiger partial charge in [-0.25, -0.2) is 0 Å². The molecule has 2 rings (SSSR count). The molecular formula is C17H13ClN2O2. The van der Waals surface area contributed by atoms with Crippen LogP contribution < -0.4 is 10.1 Å². The highest BCUT2D eigenvalue weighted by Gasteiger charge is 2.11. The fraction of sp³-hybridized carbons (Fsp3) is 0.0588. The summed E-state index contributed by atoms with van der Waals surface area (Å²) < 4.78 is 5.11. The number of halogens is 1. The Labute approximate surface area is 133 Å². The van der Waals surface area contributed by atoms with Gasteiger partial charge in [-0.05, 0) is 35.9 Å². The van der Waals surface area contributed by atoms with Crippen molar-refractivity contribution < 1.29 is 9.53 Å². The Hall–Kier alpha value is -2.77. The molecule has 0 radical (unpaired) electrons. The SMILES string of the molecule is COc1cccc(C=C(C#N)C(=O)Nc2ccccc2Cl)c1. The van der Waals surface area contributed by atoms with Crippen molar-refractivity contribution in [3.63, 3.8) is 0 Å². The molecule has 1 N–H and O–H groups in total. The molecule has 0 heterocycles. The molecule has 5 heteroatoms. The van der Waals surface area contributed by atoms with Gasteiger partial charge in [-0.2, -0.15) is 5.26 Å². The molecule has 0 saturated heterocycles. The van der Waals surface area contributed by atoms with E-state index in [1.807, 2.05) is 6.07 Å². The van der Waals surface area contributed by atoms with Crippen molar-refractivity contribution in [1.82, 2.24) is 0 Å². The van der Waals surface area contributed by atoms with Crippen LogP contribution in [0.5, 0.6) is 5.75 Å². The van der Waals surface area contributed by atoms with E-state index in [1.165, 1.54) is 6.08 Å². The van der Waals surface area contributed by atoms with Crippen LogP contribution in [-0.4, -0.2) is 13.0 Å². The normalized spacial score (nSPS) is 10.7. The molecule has 22 heavy (non-hydrogen) atoms. The second kappa shape index (κ2) is 7.30. The molecule has 2 aromatic rings. The van der Waals surface area contributed by atoms with Gasteiger partial charge in [-0.1, -0.05) is 35.9 Å². The zero-order valence-electron chi connectivity index (χ0n) is 11.8. The number of nitrogens with zero attached hydrogens (tertiary/aromatic N) is 1. The lowest BCUT2D eigenvalue weighted by atomic mass is 10.1. The Morgan fingerprint density at radius 3 is 2.73 bits per heavy atom. The van der Waals surface area contributed by atoms with E-state index in [-0.39, 0.29) is 5.57 Å². The lowest BCUT2D eigenvalue weighted by Gasteiger charge is -2.06. The molecule has 0 atom stereocenters. The van der Waals surface area contributed by atoms with E-state index in [2.05, 4.69) is 5.32 Å². The summed E-state index contributed by atoms with van der Waals surface area (Å²) in [7, 11) is 1.55. The van der Waals surface area contributed by atoms with Gasteiger partial charge in [-0.3, -0.25) is 4.79 Å². The highest BCUT2D eigenvalue weighted by Crippen LogP contribution is 2.21. The van der Waals surface area contributed by atoms with E-state index in [9.17, 15) is 10.1 Å². The van der Waals surface area contributed by atoms with Crippen molar-refractivity contribution in [2.75, 3.05) is 12.4 Å². The van der Waals surface area contributed by atoms with Gasteiger partial charge in [0.25, 0.3) is 5.91 Å². The van der Waals surface area contributed by atoms with E-state index in [4.69, 9.17) is 16.3 Å². The van der Waals surface area contributed by atoms with Crippen molar-refractivity contribution in [2.45, 2.75) is 0 Å². The summed E-state index contributed by atoms with van der Waals surface area (Å²) in [6.45, 7) is 0. The maximum absolute atomic E-state index is 12.2. The third-order valence-electron chi connectivity index (χ3n) is 2.89. The zero-order valence-corrected chi connectivity index (χ0v) is 12.6. The maximum Gasteiger partial charge on any atom is 0.266 e. The highest BCUT2D eigenvalue weighted by molar-refractivity contribution is 6.34. The second-order valence-electron chi connectivity index (χ2n) is 4.38. The molecule has 0 aliphatic rings. The van der Waals surface area contributed by atoms with Crippen LogP contribution in [0.15, 0.2) is 54.1 Å². The maximum atomic E-state index is 12.2. The molecule has 2 aromatic carbocycles. The number of nitrogens with one attached hydrogen (secondary N) is 1. The minimum Gasteiger partial charge on any atom is -0.497 e. The second-order valence-corrected chi connectivity index (χ2v) is 4.79. The topological polar surface area (TPSA) is 62.1 Å². The van der Waals surface area contributed by atoms with Crippen LogP contribution in [0.3, 0.4) is 0 Å². The van der Waals surface area contributed by atoms with Crippen molar-refractivity contribution in [3.8, 4) is 11.8 Å². The predicted molar refractivity (Wildman–Crippen MR) is 86.7 cm³/mol. The summed E-state index contributed by atoms with van der Waals surface area (Å²) in [5.41, 5.74) is 1.14. The third kappa shape index (κ3) is 3.87. The summed E-state index contributed by atoms with van der Waals surface area (Å²) in [6, 6.07) is 15.8. The molecule has 0 bridgehead atoms. The van der Waals surface area contributed by atoms with E-state index in [0.717, 1.165) is 0 Å². The molecule has 0 fully saturated rings. The average molecular weight is 313 g/mol. The van der Waals surface area contributed by atoms with Crippen LogP contribution in [0.4, 0.5) is 5.69 Å². The van der Waals surface area contributed by atoms with Gasteiger partial charge in [0.05, 0.1) is 17.8 Å². The first-order chi connectivity index (χ1) is 10.6. The number of amides is 1. The molecule has 0 unspecified atom stereocenters. The lowest BCUT2D eigenvalue weighted by molar-refractivity contribution is -0.112. The van der Waals surface area contributed by atoms with Gasteiger partial charge < -0.3 is 10.1 Å². The fourth-order valence-corrected chi connectivity index (χ4v) is 1.98. The molecule has 4 nitrogen and oxygen atoms in total.